The van der Waals surface area contributed by atoms with Gasteiger partial charge in [0.2, 0.25) is 0 Å². The van der Waals surface area contributed by atoms with Crippen LogP contribution in [0.1, 0.15) is 25.7 Å². The Hall–Kier alpha value is -0.450. The van der Waals surface area contributed by atoms with Crippen molar-refractivity contribution in [2.24, 2.45) is 0 Å². The van der Waals surface area contributed by atoms with Gasteiger partial charge in [-0.25, -0.2) is 0 Å². The minimum atomic E-state index is -0.208. The van der Waals surface area contributed by atoms with Crippen LogP contribution in [0.2, 0.25) is 0 Å². The van der Waals surface area contributed by atoms with Crippen molar-refractivity contribution in [1.82, 2.24) is 9.80 Å². The number of Topliss-reactive ketones (excluding diaryl/α,β-unsaturated/α-hetero) is 1. The minimum Gasteiger partial charge on any atom is -0.392 e. The Kier molecular flexibility index (Phi) is 3.62. The molecule has 1 heterocycles. The van der Waals surface area contributed by atoms with Crippen molar-refractivity contribution in [2.45, 2.75) is 43.9 Å². The summed E-state index contributed by atoms with van der Waals surface area (Å²) in [4.78, 5) is 15.8. The monoisotopic (exact) mass is 226 g/mol. The van der Waals surface area contributed by atoms with Gasteiger partial charge in [0.15, 0.2) is 0 Å². The van der Waals surface area contributed by atoms with Crippen molar-refractivity contribution in [2.75, 3.05) is 27.2 Å². The Morgan fingerprint density at radius 1 is 1.50 bits per heavy atom. The highest BCUT2D eigenvalue weighted by Crippen LogP contribution is 2.28. The standard InChI is InChI=1S/C12H22N2O2/c1-13(2)7-10-6-12(16)8-14(10)9-3-4-11(15)5-9/h9-10,12,16H,3-8H2,1-2H3. The van der Waals surface area contributed by atoms with Gasteiger partial charge >= 0.3 is 0 Å². The molecule has 0 radical (unpaired) electrons. The van der Waals surface area contributed by atoms with Crippen molar-refractivity contribution >= 4 is 5.78 Å². The first-order chi connectivity index (χ1) is 7.56. The molecule has 1 N–H and O–H groups in total. The van der Waals surface area contributed by atoms with Crippen LogP contribution in [0.15, 0.2) is 0 Å². The number of carbonyl (C=O) groups is 1. The summed E-state index contributed by atoms with van der Waals surface area (Å²) in [5.41, 5.74) is 0. The van der Waals surface area contributed by atoms with Crippen molar-refractivity contribution < 1.29 is 9.90 Å². The Labute approximate surface area is 97.2 Å². The topological polar surface area (TPSA) is 43.8 Å². The molecule has 4 heteroatoms. The summed E-state index contributed by atoms with van der Waals surface area (Å²) in [6, 6.07) is 0.801. The zero-order valence-corrected chi connectivity index (χ0v) is 10.2. The number of aliphatic hydroxyl groups excluding tert-OH is 1. The van der Waals surface area contributed by atoms with Crippen LogP contribution in [0.4, 0.5) is 0 Å². The van der Waals surface area contributed by atoms with E-state index in [0.717, 1.165) is 32.4 Å². The van der Waals surface area contributed by atoms with Crippen LogP contribution < -0.4 is 0 Å². The zero-order valence-electron chi connectivity index (χ0n) is 10.2. The minimum absolute atomic E-state index is 0.208. The van der Waals surface area contributed by atoms with E-state index in [4.69, 9.17) is 0 Å². The van der Waals surface area contributed by atoms with Crippen LogP contribution in [0.25, 0.3) is 0 Å². The molecule has 4 nitrogen and oxygen atoms in total. The summed E-state index contributed by atoms with van der Waals surface area (Å²) < 4.78 is 0. The van der Waals surface area contributed by atoms with Crippen molar-refractivity contribution in [3.05, 3.63) is 0 Å². The molecule has 3 unspecified atom stereocenters. The van der Waals surface area contributed by atoms with Gasteiger partial charge in [-0.15, -0.1) is 0 Å². The highest BCUT2D eigenvalue weighted by atomic mass is 16.3. The van der Waals surface area contributed by atoms with Crippen molar-refractivity contribution in [1.29, 1.82) is 0 Å². The maximum Gasteiger partial charge on any atom is 0.134 e. The fourth-order valence-electron chi connectivity index (χ4n) is 3.04. The second-order valence-electron chi connectivity index (χ2n) is 5.44. The molecular weight excluding hydrogens is 204 g/mol. The summed E-state index contributed by atoms with van der Waals surface area (Å²) in [6.07, 6.45) is 3.04. The van der Waals surface area contributed by atoms with Crippen LogP contribution in [0.5, 0.6) is 0 Å². The molecule has 2 fully saturated rings. The Balaban J connectivity index is 1.98. The van der Waals surface area contributed by atoms with E-state index in [1.165, 1.54) is 0 Å². The maximum atomic E-state index is 11.3. The fourth-order valence-corrected chi connectivity index (χ4v) is 3.04. The molecule has 1 saturated carbocycles. The number of hydrogen-bond donors (Lipinski definition) is 1. The number of β-amino-alcohol motifs (C(OH)–C–C–N with tert-alkyl or cyclic N) is 1. The van der Waals surface area contributed by atoms with Gasteiger partial charge in [-0.2, -0.15) is 0 Å². The van der Waals surface area contributed by atoms with Crippen LogP contribution >= 0.6 is 0 Å². The van der Waals surface area contributed by atoms with Gasteiger partial charge in [-0.1, -0.05) is 0 Å². The number of nitrogens with zero attached hydrogens (tertiary/aromatic N) is 2. The predicted octanol–water partition coefficient (Wildman–Crippen LogP) is 0.105. The molecular formula is C12H22N2O2. The van der Waals surface area contributed by atoms with Gasteiger partial charge in [-0.05, 0) is 26.9 Å². The third-order valence-corrected chi connectivity index (χ3v) is 3.70. The van der Waals surface area contributed by atoms with E-state index in [-0.39, 0.29) is 6.10 Å². The van der Waals surface area contributed by atoms with E-state index in [9.17, 15) is 9.90 Å². The second kappa shape index (κ2) is 4.82. The number of hydrogen-bond acceptors (Lipinski definition) is 4. The molecule has 16 heavy (non-hydrogen) atoms. The molecule has 1 aliphatic carbocycles. The molecule has 92 valence electrons. The molecule has 1 aliphatic heterocycles. The van der Waals surface area contributed by atoms with E-state index in [2.05, 4.69) is 23.9 Å². The van der Waals surface area contributed by atoms with E-state index < -0.39 is 0 Å². The van der Waals surface area contributed by atoms with E-state index >= 15 is 0 Å². The lowest BCUT2D eigenvalue weighted by Gasteiger charge is -2.31. The van der Waals surface area contributed by atoms with E-state index in [1.807, 2.05) is 0 Å². The number of ketones is 1. The van der Waals surface area contributed by atoms with Crippen LogP contribution in [0, 0.1) is 0 Å². The summed E-state index contributed by atoms with van der Waals surface area (Å²) in [5.74, 6) is 0.384. The van der Waals surface area contributed by atoms with Gasteiger partial charge in [0.25, 0.3) is 0 Å². The molecule has 1 saturated heterocycles. The third kappa shape index (κ3) is 2.62. The molecule has 0 aromatic rings. The summed E-state index contributed by atoms with van der Waals surface area (Å²) >= 11 is 0. The van der Waals surface area contributed by atoms with Crippen molar-refractivity contribution in [3.8, 4) is 0 Å². The van der Waals surface area contributed by atoms with Crippen LogP contribution in [0.3, 0.4) is 0 Å². The quantitative estimate of drug-likeness (QED) is 0.741. The van der Waals surface area contributed by atoms with Crippen molar-refractivity contribution in [3.63, 3.8) is 0 Å². The lowest BCUT2D eigenvalue weighted by atomic mass is 10.1. The lowest BCUT2D eigenvalue weighted by molar-refractivity contribution is -0.117. The second-order valence-corrected chi connectivity index (χ2v) is 5.44. The largest absolute Gasteiger partial charge is 0.392 e. The molecule has 0 spiro atoms. The molecule has 2 rings (SSSR count). The number of likely N-dealkylation sites (N-methyl/N-ethyl adjacent to an activating group) is 1. The molecule has 0 aromatic heterocycles. The third-order valence-electron chi connectivity index (χ3n) is 3.70. The highest BCUT2D eigenvalue weighted by molar-refractivity contribution is 5.81. The average Bonchev–Trinajstić information content (AvgIpc) is 2.72. The Bertz CT molecular complexity index is 268. The number of likely N-dealkylation sites (tertiary alicyclic amines) is 1. The molecule has 3 atom stereocenters. The number of carbonyl (C=O) groups excluding carboxylic acids is 1. The number of aliphatic hydroxyl groups is 1. The van der Waals surface area contributed by atoms with Gasteiger partial charge in [0, 0.05) is 38.0 Å². The van der Waals surface area contributed by atoms with E-state index in [1.54, 1.807) is 0 Å². The van der Waals surface area contributed by atoms with Gasteiger partial charge < -0.3 is 10.0 Å². The first-order valence-electron chi connectivity index (χ1n) is 6.16. The molecule has 0 aromatic carbocycles. The number of rotatable bonds is 3. The maximum absolute atomic E-state index is 11.3. The summed E-state index contributed by atoms with van der Waals surface area (Å²) in [5, 5.41) is 9.76. The summed E-state index contributed by atoms with van der Waals surface area (Å²) in [7, 11) is 4.12. The smallest absolute Gasteiger partial charge is 0.134 e. The van der Waals surface area contributed by atoms with Gasteiger partial charge in [-0.3, -0.25) is 9.69 Å². The SMILES string of the molecule is CN(C)CC1CC(O)CN1C1CCC(=O)C1. The van der Waals surface area contributed by atoms with Gasteiger partial charge in [0.1, 0.15) is 5.78 Å². The molecule has 2 aliphatic rings. The first-order valence-corrected chi connectivity index (χ1v) is 6.16. The Morgan fingerprint density at radius 2 is 2.25 bits per heavy atom. The predicted molar refractivity (Wildman–Crippen MR) is 62.3 cm³/mol. The average molecular weight is 226 g/mol. The fraction of sp³-hybridized carbons (Fsp3) is 0.917. The molecule has 0 amide bonds. The Morgan fingerprint density at radius 3 is 2.81 bits per heavy atom. The summed E-state index contributed by atoms with van der Waals surface area (Å²) in [6.45, 7) is 1.72. The van der Waals surface area contributed by atoms with E-state index in [0.29, 0.717) is 24.3 Å². The van der Waals surface area contributed by atoms with Gasteiger partial charge in [0.05, 0.1) is 6.10 Å². The lowest BCUT2D eigenvalue weighted by Crippen LogP contribution is -2.43. The normalized spacial score (nSPS) is 36.5. The zero-order chi connectivity index (χ0) is 11.7. The van der Waals surface area contributed by atoms with Crippen LogP contribution in [-0.4, -0.2) is 66.1 Å². The first kappa shape index (κ1) is 12.0. The highest BCUT2D eigenvalue weighted by Gasteiger charge is 2.38. The molecule has 0 bridgehead atoms. The van der Waals surface area contributed by atoms with Crippen LogP contribution in [-0.2, 0) is 4.79 Å².